The first-order valence-electron chi connectivity index (χ1n) is 34.4. The molecule has 0 aromatic rings. The number of carbonyl (C=O) groups excluding carboxylic acids is 2. The third kappa shape index (κ3) is 62.9. The van der Waals surface area contributed by atoms with Gasteiger partial charge in [-0.2, -0.15) is 0 Å². The van der Waals surface area contributed by atoms with Crippen LogP contribution < -0.4 is 5.32 Å². The molecular formula is C71H133NO5. The van der Waals surface area contributed by atoms with Crippen LogP contribution >= 0.6 is 0 Å². The van der Waals surface area contributed by atoms with Crippen molar-refractivity contribution in [3.8, 4) is 0 Å². The van der Waals surface area contributed by atoms with Gasteiger partial charge in [0, 0.05) is 12.8 Å². The molecular weight excluding hydrogens is 947 g/mol. The molecule has 77 heavy (non-hydrogen) atoms. The standard InChI is InChI=1S/C71H133NO5/c1-3-5-7-9-11-13-15-17-19-20-32-36-39-43-47-51-55-59-63-69(74)68(67-73)72-70(75)64-60-56-52-48-44-40-37-33-30-28-26-24-22-21-23-25-27-29-31-34-38-42-46-50-54-58-62-66-77-71(76)65-61-57-53-49-45-41-35-18-16-14-12-10-8-6-4-2/h12,14,18,21-22,35,59,63,68-69,73-74H,3-11,13,15-17,19-20,23-34,36-58,60-62,64-67H2,1-2H3,(H,72,75)/b14-12-,22-21-,35-18-,63-59+. The maximum atomic E-state index is 12.5. The topological polar surface area (TPSA) is 95.9 Å². The van der Waals surface area contributed by atoms with Crippen LogP contribution in [0.2, 0.25) is 0 Å². The number of amides is 1. The monoisotopic (exact) mass is 1080 g/mol. The van der Waals surface area contributed by atoms with Crippen molar-refractivity contribution >= 4 is 11.9 Å². The van der Waals surface area contributed by atoms with Gasteiger partial charge in [-0.25, -0.2) is 0 Å². The van der Waals surface area contributed by atoms with Gasteiger partial charge in [-0.05, 0) is 89.9 Å². The minimum atomic E-state index is -0.846. The molecule has 0 heterocycles. The van der Waals surface area contributed by atoms with E-state index in [-0.39, 0.29) is 18.5 Å². The summed E-state index contributed by atoms with van der Waals surface area (Å²) in [4.78, 5) is 24.6. The highest BCUT2D eigenvalue weighted by atomic mass is 16.5. The third-order valence-corrected chi connectivity index (χ3v) is 15.8. The van der Waals surface area contributed by atoms with Crippen molar-refractivity contribution < 1.29 is 24.5 Å². The Hall–Kier alpha value is -2.18. The molecule has 0 bridgehead atoms. The second kappa shape index (κ2) is 66.3. The molecule has 3 N–H and O–H groups in total. The van der Waals surface area contributed by atoms with Crippen molar-refractivity contribution in [3.63, 3.8) is 0 Å². The third-order valence-electron chi connectivity index (χ3n) is 15.8. The highest BCUT2D eigenvalue weighted by Gasteiger charge is 2.18. The number of esters is 1. The van der Waals surface area contributed by atoms with E-state index in [1.54, 1.807) is 6.08 Å². The number of hydrogen-bond acceptors (Lipinski definition) is 5. The number of rotatable bonds is 64. The average molecular weight is 1080 g/mol. The van der Waals surface area contributed by atoms with Gasteiger partial charge in [0.15, 0.2) is 0 Å². The van der Waals surface area contributed by atoms with Gasteiger partial charge in [0.2, 0.25) is 5.91 Å². The predicted octanol–water partition coefficient (Wildman–Crippen LogP) is 22.1. The van der Waals surface area contributed by atoms with Crippen LogP contribution in [0.3, 0.4) is 0 Å². The number of carbonyl (C=O) groups is 2. The van der Waals surface area contributed by atoms with E-state index in [0.29, 0.717) is 19.4 Å². The quantitative estimate of drug-likeness (QED) is 0.0320. The lowest BCUT2D eigenvalue weighted by atomic mass is 10.0. The van der Waals surface area contributed by atoms with E-state index in [4.69, 9.17) is 4.74 Å². The van der Waals surface area contributed by atoms with Crippen molar-refractivity contribution in [2.75, 3.05) is 13.2 Å². The van der Waals surface area contributed by atoms with Crippen molar-refractivity contribution in [1.29, 1.82) is 0 Å². The van der Waals surface area contributed by atoms with E-state index < -0.39 is 12.1 Å². The first kappa shape index (κ1) is 74.8. The average Bonchev–Trinajstić information content (AvgIpc) is 3.43. The lowest BCUT2D eigenvalue weighted by molar-refractivity contribution is -0.143. The zero-order valence-electron chi connectivity index (χ0n) is 51.7. The summed E-state index contributed by atoms with van der Waals surface area (Å²) in [5.74, 6) is -0.0659. The summed E-state index contributed by atoms with van der Waals surface area (Å²) in [6.45, 7) is 4.89. The SMILES string of the molecule is CCCCC/C=C\C/C=C\CCCCCCCC(=O)OCCCCCCCCCCCCCC/C=C\CCCCCCCCCCCCCC(=O)NC(CO)C(O)/C=C/CCCCCCCCCCCCCCCCCC. The number of allylic oxidation sites excluding steroid dienone is 7. The van der Waals surface area contributed by atoms with Crippen LogP contribution in [0.25, 0.3) is 0 Å². The fourth-order valence-corrected chi connectivity index (χ4v) is 10.5. The Balaban J connectivity index is 3.41. The minimum absolute atomic E-state index is 0.000716. The Labute approximate surface area is 480 Å². The number of aliphatic hydroxyl groups is 2. The number of ether oxygens (including phenoxy) is 1. The Bertz CT molecular complexity index is 1290. The van der Waals surface area contributed by atoms with Crippen LogP contribution in [0.4, 0.5) is 0 Å². The molecule has 0 aliphatic rings. The number of aliphatic hydroxyl groups excluding tert-OH is 2. The minimum Gasteiger partial charge on any atom is -0.466 e. The summed E-state index contributed by atoms with van der Waals surface area (Å²) in [5, 5.41) is 23.2. The second-order valence-corrected chi connectivity index (χ2v) is 23.5. The Kier molecular flexibility index (Phi) is 64.5. The molecule has 0 rings (SSSR count). The van der Waals surface area contributed by atoms with E-state index in [2.05, 4.69) is 55.6 Å². The van der Waals surface area contributed by atoms with E-state index in [1.165, 1.54) is 289 Å². The molecule has 0 saturated heterocycles. The van der Waals surface area contributed by atoms with E-state index in [0.717, 1.165) is 51.4 Å². The zero-order valence-corrected chi connectivity index (χ0v) is 51.7. The molecule has 1 amide bonds. The summed E-state index contributed by atoms with van der Waals surface area (Å²) in [7, 11) is 0. The van der Waals surface area contributed by atoms with Crippen molar-refractivity contribution in [2.45, 2.75) is 379 Å². The summed E-state index contributed by atoms with van der Waals surface area (Å²) in [6, 6.07) is -0.630. The van der Waals surface area contributed by atoms with Crippen LogP contribution in [0.1, 0.15) is 367 Å². The molecule has 0 spiro atoms. The molecule has 0 aromatic carbocycles. The predicted molar refractivity (Wildman–Crippen MR) is 338 cm³/mol. The van der Waals surface area contributed by atoms with E-state index in [9.17, 15) is 19.8 Å². The molecule has 0 aliphatic heterocycles. The highest BCUT2D eigenvalue weighted by Crippen LogP contribution is 2.18. The molecule has 0 aromatic heterocycles. The molecule has 0 aliphatic carbocycles. The molecule has 2 atom stereocenters. The molecule has 0 radical (unpaired) electrons. The first-order valence-corrected chi connectivity index (χ1v) is 34.4. The van der Waals surface area contributed by atoms with E-state index >= 15 is 0 Å². The van der Waals surface area contributed by atoms with Crippen LogP contribution in [0, 0.1) is 0 Å². The fraction of sp³-hybridized carbons (Fsp3) is 0.859. The Morgan fingerprint density at radius 2 is 0.649 bits per heavy atom. The van der Waals surface area contributed by atoms with Gasteiger partial charge in [0.1, 0.15) is 0 Å². The highest BCUT2D eigenvalue weighted by molar-refractivity contribution is 5.76. The lowest BCUT2D eigenvalue weighted by Gasteiger charge is -2.20. The molecule has 0 saturated carbocycles. The van der Waals surface area contributed by atoms with Gasteiger partial charge in [-0.1, -0.05) is 313 Å². The molecule has 452 valence electrons. The second-order valence-electron chi connectivity index (χ2n) is 23.5. The summed E-state index contributed by atoms with van der Waals surface area (Å²) in [6.07, 6.45) is 86.1. The van der Waals surface area contributed by atoms with Crippen molar-refractivity contribution in [3.05, 3.63) is 48.6 Å². The number of hydrogen-bond donors (Lipinski definition) is 3. The Morgan fingerprint density at radius 1 is 0.364 bits per heavy atom. The van der Waals surface area contributed by atoms with Gasteiger partial charge in [-0.15, -0.1) is 0 Å². The van der Waals surface area contributed by atoms with Gasteiger partial charge in [0.05, 0.1) is 25.4 Å². The number of unbranched alkanes of at least 4 members (excludes halogenated alkanes) is 47. The van der Waals surface area contributed by atoms with Gasteiger partial charge < -0.3 is 20.3 Å². The van der Waals surface area contributed by atoms with E-state index in [1.807, 2.05) is 6.08 Å². The fourth-order valence-electron chi connectivity index (χ4n) is 10.5. The van der Waals surface area contributed by atoms with Crippen molar-refractivity contribution in [2.24, 2.45) is 0 Å². The van der Waals surface area contributed by atoms with Crippen LogP contribution in [0.5, 0.6) is 0 Å². The summed E-state index contributed by atoms with van der Waals surface area (Å²) < 4.78 is 5.48. The lowest BCUT2D eigenvalue weighted by Crippen LogP contribution is -2.45. The summed E-state index contributed by atoms with van der Waals surface area (Å²) >= 11 is 0. The molecule has 2 unspecified atom stereocenters. The maximum Gasteiger partial charge on any atom is 0.305 e. The molecule has 0 fully saturated rings. The van der Waals surface area contributed by atoms with Crippen molar-refractivity contribution in [1.82, 2.24) is 5.32 Å². The Morgan fingerprint density at radius 3 is 1.03 bits per heavy atom. The molecule has 6 heteroatoms. The zero-order chi connectivity index (χ0) is 55.7. The number of nitrogens with one attached hydrogen (secondary N) is 1. The van der Waals surface area contributed by atoms with Gasteiger partial charge >= 0.3 is 5.97 Å². The van der Waals surface area contributed by atoms with Crippen LogP contribution in [-0.2, 0) is 14.3 Å². The summed E-state index contributed by atoms with van der Waals surface area (Å²) in [5.41, 5.74) is 0. The largest absolute Gasteiger partial charge is 0.466 e. The first-order chi connectivity index (χ1) is 38.0. The van der Waals surface area contributed by atoms with Gasteiger partial charge in [0.25, 0.3) is 0 Å². The van der Waals surface area contributed by atoms with Gasteiger partial charge in [-0.3, -0.25) is 9.59 Å². The smallest absolute Gasteiger partial charge is 0.305 e. The molecule has 6 nitrogen and oxygen atoms in total. The maximum absolute atomic E-state index is 12.5. The van der Waals surface area contributed by atoms with Crippen LogP contribution in [-0.4, -0.2) is 47.4 Å². The normalized spacial score (nSPS) is 12.8. The van der Waals surface area contributed by atoms with Crippen LogP contribution in [0.15, 0.2) is 48.6 Å².